The molecule has 0 saturated carbocycles. The molecule has 0 bridgehead atoms. The number of alkyl halides is 12. The highest BCUT2D eigenvalue weighted by atomic mass is 32.2. The van der Waals surface area contributed by atoms with Gasteiger partial charge >= 0.3 is 69.5 Å². The first-order chi connectivity index (χ1) is 20.8. The first-order valence-corrected chi connectivity index (χ1v) is 25.3. The Bertz CT molecular complexity index is 1340. The molecule has 13 nitrogen and oxygen atoms in total. The lowest BCUT2D eigenvalue weighted by Crippen LogP contribution is -2.59. The maximum atomic E-state index is 12.4. The van der Waals surface area contributed by atoms with E-state index in [1.54, 1.807) is 0 Å². The van der Waals surface area contributed by atoms with Crippen LogP contribution in [0.5, 0.6) is 0 Å². The van der Waals surface area contributed by atoms with Crippen molar-refractivity contribution in [2.75, 3.05) is 0 Å². The monoisotopic (exact) mass is 866 g/mol. The summed E-state index contributed by atoms with van der Waals surface area (Å²) in [5, 5.41) is 0. The van der Waals surface area contributed by atoms with Gasteiger partial charge in [0.2, 0.25) is 0 Å². The highest BCUT2D eigenvalue weighted by Gasteiger charge is 2.64. The molecule has 0 aliphatic heterocycles. The normalized spacial score (nSPS) is 15.9. The third-order valence-corrected chi connectivity index (χ3v) is 11.3. The van der Waals surface area contributed by atoms with Crippen molar-refractivity contribution >= 4 is 63.8 Å². The molecule has 0 rings (SSSR count). The van der Waals surface area contributed by atoms with Crippen molar-refractivity contribution in [2.45, 2.75) is 93.7 Å². The van der Waals surface area contributed by atoms with Gasteiger partial charge in [0, 0.05) is 0 Å². The van der Waals surface area contributed by atoms with E-state index in [-0.39, 0.29) is 0 Å². The Morgan fingerprint density at radius 3 is 0.959 bits per heavy atom. The van der Waals surface area contributed by atoms with E-state index in [0.29, 0.717) is 12.0 Å². The van der Waals surface area contributed by atoms with Gasteiger partial charge in [-0.15, -0.1) is 0 Å². The fourth-order valence-electron chi connectivity index (χ4n) is 2.53. The smallest absolute Gasteiger partial charge is 0.410 e. The summed E-state index contributed by atoms with van der Waals surface area (Å²) in [5.74, 6) is 0.629. The minimum absolute atomic E-state index is 0.433. The van der Waals surface area contributed by atoms with Crippen LogP contribution in [0.3, 0.4) is 0 Å². The first kappa shape index (κ1) is 50.2. The molecule has 0 aliphatic carbocycles. The third-order valence-electron chi connectivity index (χ3n) is 4.52. The van der Waals surface area contributed by atoms with Crippen LogP contribution in [0.25, 0.3) is 0 Å². The molecule has 32 heteroatoms. The second-order valence-corrected chi connectivity index (χ2v) is 28.1. The largest absolute Gasteiger partial charge is 0.587 e. The van der Waals surface area contributed by atoms with Gasteiger partial charge in [-0.25, -0.2) is 0 Å². The molecule has 0 aromatic rings. The molecule has 296 valence electrons. The highest BCUT2D eigenvalue weighted by molar-refractivity contribution is 7.93. The minimum Gasteiger partial charge on any atom is -0.410 e. The Morgan fingerprint density at radius 1 is 0.551 bits per heavy atom. The molecule has 0 N–H and O–H groups in total. The van der Waals surface area contributed by atoms with Crippen molar-refractivity contribution in [3.05, 3.63) is 6.42 Å². The van der Waals surface area contributed by atoms with Crippen molar-refractivity contribution in [2.24, 2.45) is 5.92 Å². The van der Waals surface area contributed by atoms with Crippen LogP contribution in [-0.2, 0) is 61.3 Å². The molecular weight excluding hydrogens is 835 g/mol. The zero-order valence-corrected chi connectivity index (χ0v) is 31.5. The molecule has 0 heterocycles. The lowest BCUT2D eigenvalue weighted by molar-refractivity contribution is -0.0651. The zero-order chi connectivity index (χ0) is 40.3. The maximum Gasteiger partial charge on any atom is 0.587 e. The molecular formula is C17H31BF12O13S4Si2. The van der Waals surface area contributed by atoms with E-state index in [2.05, 4.69) is 76.0 Å². The number of hydrogen-bond acceptors (Lipinski definition) is 13. The maximum absolute atomic E-state index is 12.4. The summed E-state index contributed by atoms with van der Waals surface area (Å²) in [4.78, 5) is 0. The lowest BCUT2D eigenvalue weighted by atomic mass is 10.0. The van der Waals surface area contributed by atoms with E-state index in [9.17, 15) is 86.4 Å². The summed E-state index contributed by atoms with van der Waals surface area (Å²) < 4.78 is 251. The average Bonchev–Trinajstić information content (AvgIpc) is 2.72. The van der Waals surface area contributed by atoms with E-state index >= 15 is 0 Å². The summed E-state index contributed by atoms with van der Waals surface area (Å²) in [6.45, 7) is 10.8. The Labute approximate surface area is 276 Å². The van der Waals surface area contributed by atoms with Crippen LogP contribution < -0.4 is 0 Å². The van der Waals surface area contributed by atoms with E-state index < -0.39 is 85.9 Å². The number of rotatable bonds is 15. The van der Waals surface area contributed by atoms with Crippen LogP contribution in [0.15, 0.2) is 0 Å². The van der Waals surface area contributed by atoms with E-state index in [0.717, 1.165) is 6.42 Å². The Kier molecular flexibility index (Phi) is 16.4. The van der Waals surface area contributed by atoms with Crippen LogP contribution in [-0.4, -0.2) is 85.2 Å². The van der Waals surface area contributed by atoms with Crippen molar-refractivity contribution in [3.63, 3.8) is 0 Å². The second kappa shape index (κ2) is 16.0. The summed E-state index contributed by atoms with van der Waals surface area (Å²) in [6.07, 6.45) is 4.03. The molecule has 0 aromatic carbocycles. The van der Waals surface area contributed by atoms with Gasteiger partial charge in [0.25, 0.3) is 0 Å². The standard InChI is InChI=1S/C13H31OSi2.C4BF12O12S4/c1-12(2)13(14-16(6,7)8)10-9-11-15(3,4)5;6-1(7,8)30(18,19)26-5(27-31(20,21)2(9,10)11,28-32(22,23)3(12,13)14)29-33(24,25)4(15,16)17/h9,12-13H,10-11H2,1-8H3;/q+1;-1. The topological polar surface area (TPSA) is 183 Å². The number of hydrogen-bond donors (Lipinski definition) is 0. The van der Waals surface area contributed by atoms with Crippen LogP contribution in [0.4, 0.5) is 52.7 Å². The predicted octanol–water partition coefficient (Wildman–Crippen LogP) is 5.68. The SMILES string of the molecule is CC(C)C(C[CH+]C[Si](C)(C)C)O[Si](C)(C)C.O=S(=O)(O[B-](OS(=O)(=O)C(F)(F)F)(OS(=O)(=O)C(F)(F)F)OS(=O)(=O)C(F)(F)F)C(F)(F)F. The van der Waals surface area contributed by atoms with Crippen LogP contribution >= 0.6 is 0 Å². The van der Waals surface area contributed by atoms with Gasteiger partial charge in [-0.05, 0) is 25.6 Å². The molecule has 49 heavy (non-hydrogen) atoms. The average molecular weight is 867 g/mol. The molecule has 0 fully saturated rings. The Hall–Kier alpha value is -0.871. The molecule has 1 unspecified atom stereocenters. The van der Waals surface area contributed by atoms with Crippen molar-refractivity contribution < 1.29 is 107 Å². The molecule has 0 spiro atoms. The molecule has 0 saturated heterocycles. The quantitative estimate of drug-likeness (QED) is 0.0849. The summed E-state index contributed by atoms with van der Waals surface area (Å²) in [6, 6.07) is 1.31. The Morgan fingerprint density at radius 2 is 0.796 bits per heavy atom. The molecule has 0 radical (unpaired) electrons. The van der Waals surface area contributed by atoms with E-state index in [1.807, 2.05) is 0 Å². The van der Waals surface area contributed by atoms with Crippen LogP contribution in [0.1, 0.15) is 20.3 Å². The molecule has 0 aromatic heterocycles. The second-order valence-electron chi connectivity index (χ2n) is 11.9. The van der Waals surface area contributed by atoms with Crippen molar-refractivity contribution in [1.82, 2.24) is 0 Å². The fourth-order valence-corrected chi connectivity index (χ4v) is 7.28. The summed E-state index contributed by atoms with van der Waals surface area (Å²) in [5.41, 5.74) is -28.5. The van der Waals surface area contributed by atoms with Gasteiger partial charge in [0.1, 0.15) is 6.42 Å². The van der Waals surface area contributed by atoms with Crippen molar-refractivity contribution in [1.29, 1.82) is 0 Å². The summed E-state index contributed by atoms with van der Waals surface area (Å²) in [7, 11) is -34.5. The van der Waals surface area contributed by atoms with Crippen LogP contribution in [0.2, 0.25) is 45.3 Å². The van der Waals surface area contributed by atoms with E-state index in [1.165, 1.54) is 6.04 Å². The third kappa shape index (κ3) is 17.0. The molecule has 0 aliphatic rings. The summed E-state index contributed by atoms with van der Waals surface area (Å²) >= 11 is 0. The first-order valence-electron chi connectivity index (χ1n) is 12.5. The Balaban J connectivity index is 0. The fraction of sp³-hybridized carbons (Fsp3) is 0.941. The van der Waals surface area contributed by atoms with Gasteiger partial charge in [-0.2, -0.15) is 86.4 Å². The van der Waals surface area contributed by atoms with Gasteiger partial charge in [-0.1, -0.05) is 33.5 Å². The van der Waals surface area contributed by atoms with Crippen molar-refractivity contribution in [3.8, 4) is 0 Å². The van der Waals surface area contributed by atoms with E-state index in [4.69, 9.17) is 4.43 Å². The van der Waals surface area contributed by atoms with Gasteiger partial charge in [-0.3, -0.25) is 0 Å². The van der Waals surface area contributed by atoms with Gasteiger partial charge in [0.15, 0.2) is 8.32 Å². The zero-order valence-electron chi connectivity index (χ0n) is 26.2. The van der Waals surface area contributed by atoms with Gasteiger partial charge < -0.3 is 20.8 Å². The number of halogens is 12. The van der Waals surface area contributed by atoms with Gasteiger partial charge in [0.05, 0.1) is 26.6 Å². The molecule has 0 amide bonds. The highest BCUT2D eigenvalue weighted by Crippen LogP contribution is 2.39. The molecule has 1 atom stereocenters. The van der Waals surface area contributed by atoms with Crippen LogP contribution in [0, 0.1) is 12.3 Å². The minimum atomic E-state index is -8.05. The lowest BCUT2D eigenvalue weighted by Gasteiger charge is -2.37. The predicted molar refractivity (Wildman–Crippen MR) is 150 cm³/mol.